The molecule has 0 spiro atoms. The monoisotopic (exact) mass is 381 g/mol. The van der Waals surface area contributed by atoms with Gasteiger partial charge in [0.2, 0.25) is 0 Å². The number of nitrogens with zero attached hydrogens (tertiary/aromatic N) is 1. The van der Waals surface area contributed by atoms with Crippen LogP contribution in [-0.4, -0.2) is 17.9 Å². The fourth-order valence-electron chi connectivity index (χ4n) is 2.59. The second-order valence-corrected chi connectivity index (χ2v) is 7.57. The van der Waals surface area contributed by atoms with Crippen LogP contribution in [0.2, 0.25) is 5.02 Å². The van der Waals surface area contributed by atoms with E-state index in [1.165, 1.54) is 10.5 Å². The van der Waals surface area contributed by atoms with Crippen molar-refractivity contribution >= 4 is 29.3 Å². The van der Waals surface area contributed by atoms with E-state index in [-0.39, 0.29) is 5.91 Å². The van der Waals surface area contributed by atoms with Crippen LogP contribution in [0.1, 0.15) is 21.5 Å². The van der Waals surface area contributed by atoms with Crippen molar-refractivity contribution < 1.29 is 4.79 Å². The fourth-order valence-corrected chi connectivity index (χ4v) is 3.57. The molecule has 3 rings (SSSR count). The molecule has 0 aliphatic rings. The SMILES string of the molecule is CN(Cc1ccccc1)C(=O)c1ccc(CSc2ccc(Cl)cc2)cc1. The number of halogens is 1. The highest BCUT2D eigenvalue weighted by Crippen LogP contribution is 2.24. The lowest BCUT2D eigenvalue weighted by atomic mass is 10.1. The zero-order chi connectivity index (χ0) is 18.4. The highest BCUT2D eigenvalue weighted by Gasteiger charge is 2.11. The molecule has 0 aliphatic heterocycles. The maximum absolute atomic E-state index is 12.6. The molecule has 0 aromatic heterocycles. The van der Waals surface area contributed by atoms with Gasteiger partial charge in [-0.1, -0.05) is 54.1 Å². The third-order valence-corrected chi connectivity index (χ3v) is 5.36. The molecule has 0 bridgehead atoms. The molecule has 26 heavy (non-hydrogen) atoms. The molecule has 0 atom stereocenters. The van der Waals surface area contributed by atoms with Crippen molar-refractivity contribution in [3.63, 3.8) is 0 Å². The first-order valence-electron chi connectivity index (χ1n) is 8.38. The molecule has 0 fully saturated rings. The van der Waals surface area contributed by atoms with E-state index in [0.29, 0.717) is 12.1 Å². The normalized spacial score (nSPS) is 10.5. The van der Waals surface area contributed by atoms with E-state index in [2.05, 4.69) is 0 Å². The number of rotatable bonds is 6. The van der Waals surface area contributed by atoms with E-state index in [1.807, 2.05) is 85.9 Å². The number of carbonyl (C=O) groups excluding carboxylic acids is 1. The lowest BCUT2D eigenvalue weighted by molar-refractivity contribution is 0.0785. The molecule has 0 saturated carbocycles. The molecule has 3 aromatic rings. The Labute approximate surface area is 163 Å². The van der Waals surface area contributed by atoms with Crippen molar-refractivity contribution in [2.45, 2.75) is 17.2 Å². The van der Waals surface area contributed by atoms with Crippen LogP contribution < -0.4 is 0 Å². The molecule has 0 saturated heterocycles. The van der Waals surface area contributed by atoms with Gasteiger partial charge in [-0.3, -0.25) is 4.79 Å². The van der Waals surface area contributed by atoms with E-state index < -0.39 is 0 Å². The highest BCUT2D eigenvalue weighted by molar-refractivity contribution is 7.98. The molecule has 0 aliphatic carbocycles. The van der Waals surface area contributed by atoms with Crippen LogP contribution in [-0.2, 0) is 12.3 Å². The molecule has 1 amide bonds. The Balaban J connectivity index is 1.57. The van der Waals surface area contributed by atoms with E-state index in [1.54, 1.807) is 16.7 Å². The minimum atomic E-state index is 0.0331. The molecule has 0 heterocycles. The van der Waals surface area contributed by atoms with Gasteiger partial charge < -0.3 is 4.90 Å². The van der Waals surface area contributed by atoms with Crippen LogP contribution in [0.15, 0.2) is 83.8 Å². The quantitative estimate of drug-likeness (QED) is 0.495. The zero-order valence-corrected chi connectivity index (χ0v) is 16.1. The summed E-state index contributed by atoms with van der Waals surface area (Å²) in [4.78, 5) is 15.5. The molecular weight excluding hydrogens is 362 g/mol. The summed E-state index contributed by atoms with van der Waals surface area (Å²) in [6, 6.07) is 25.7. The lowest BCUT2D eigenvalue weighted by Gasteiger charge is -2.17. The summed E-state index contributed by atoms with van der Waals surface area (Å²) in [7, 11) is 1.83. The second kappa shape index (κ2) is 8.93. The topological polar surface area (TPSA) is 20.3 Å². The van der Waals surface area contributed by atoms with E-state index in [0.717, 1.165) is 16.3 Å². The molecular formula is C22H20ClNOS. The number of thioether (sulfide) groups is 1. The van der Waals surface area contributed by atoms with Crippen molar-refractivity contribution in [2.75, 3.05) is 7.05 Å². The largest absolute Gasteiger partial charge is 0.337 e. The smallest absolute Gasteiger partial charge is 0.253 e. The Morgan fingerprint density at radius 1 is 0.885 bits per heavy atom. The van der Waals surface area contributed by atoms with Crippen LogP contribution in [0.3, 0.4) is 0 Å². The highest BCUT2D eigenvalue weighted by atomic mass is 35.5. The molecule has 0 radical (unpaired) electrons. The van der Waals surface area contributed by atoms with Crippen LogP contribution >= 0.6 is 23.4 Å². The fraction of sp³-hybridized carbons (Fsp3) is 0.136. The van der Waals surface area contributed by atoms with Crippen LogP contribution in [0.5, 0.6) is 0 Å². The maximum atomic E-state index is 12.6. The standard InChI is InChI=1S/C22H20ClNOS/c1-24(15-17-5-3-2-4-6-17)22(25)19-9-7-18(8-10-19)16-26-21-13-11-20(23)12-14-21/h2-14H,15-16H2,1H3. The summed E-state index contributed by atoms with van der Waals surface area (Å²) in [6.07, 6.45) is 0. The third-order valence-electron chi connectivity index (χ3n) is 4.03. The maximum Gasteiger partial charge on any atom is 0.253 e. The van der Waals surface area contributed by atoms with Crippen molar-refractivity contribution in [3.8, 4) is 0 Å². The molecule has 3 aromatic carbocycles. The molecule has 4 heteroatoms. The van der Waals surface area contributed by atoms with E-state index in [9.17, 15) is 4.79 Å². The van der Waals surface area contributed by atoms with Crippen molar-refractivity contribution in [1.82, 2.24) is 4.90 Å². The van der Waals surface area contributed by atoms with Crippen LogP contribution in [0.25, 0.3) is 0 Å². The predicted octanol–water partition coefficient (Wildman–Crippen LogP) is 5.90. The Morgan fingerprint density at radius 3 is 2.19 bits per heavy atom. The summed E-state index contributed by atoms with van der Waals surface area (Å²) < 4.78 is 0. The zero-order valence-electron chi connectivity index (χ0n) is 14.6. The number of amides is 1. The van der Waals surface area contributed by atoms with Gasteiger partial charge in [0.25, 0.3) is 5.91 Å². The van der Waals surface area contributed by atoms with E-state index in [4.69, 9.17) is 11.6 Å². The minimum Gasteiger partial charge on any atom is -0.337 e. The number of hydrogen-bond donors (Lipinski definition) is 0. The lowest BCUT2D eigenvalue weighted by Crippen LogP contribution is -2.26. The van der Waals surface area contributed by atoms with Gasteiger partial charge in [-0.25, -0.2) is 0 Å². The van der Waals surface area contributed by atoms with Gasteiger partial charge in [0, 0.05) is 34.8 Å². The van der Waals surface area contributed by atoms with Gasteiger partial charge in [-0.15, -0.1) is 11.8 Å². The first-order chi connectivity index (χ1) is 12.6. The average molecular weight is 382 g/mol. The van der Waals surface area contributed by atoms with Gasteiger partial charge in [0.1, 0.15) is 0 Å². The average Bonchev–Trinajstić information content (AvgIpc) is 2.68. The van der Waals surface area contributed by atoms with Crippen molar-refractivity contribution in [2.24, 2.45) is 0 Å². The Hall–Kier alpha value is -2.23. The third kappa shape index (κ3) is 5.13. The summed E-state index contributed by atoms with van der Waals surface area (Å²) in [5.41, 5.74) is 3.02. The second-order valence-electron chi connectivity index (χ2n) is 6.09. The summed E-state index contributed by atoms with van der Waals surface area (Å²) in [5, 5.41) is 0.747. The number of hydrogen-bond acceptors (Lipinski definition) is 2. The first kappa shape index (κ1) is 18.6. The molecule has 0 N–H and O–H groups in total. The first-order valence-corrected chi connectivity index (χ1v) is 9.75. The molecule has 2 nitrogen and oxygen atoms in total. The van der Waals surface area contributed by atoms with Crippen molar-refractivity contribution in [1.29, 1.82) is 0 Å². The van der Waals surface area contributed by atoms with Gasteiger partial charge in [-0.2, -0.15) is 0 Å². The minimum absolute atomic E-state index is 0.0331. The van der Waals surface area contributed by atoms with Gasteiger partial charge in [0.05, 0.1) is 0 Å². The molecule has 0 unspecified atom stereocenters. The Morgan fingerprint density at radius 2 is 1.54 bits per heavy atom. The predicted molar refractivity (Wildman–Crippen MR) is 110 cm³/mol. The molecule has 132 valence electrons. The van der Waals surface area contributed by atoms with Crippen LogP contribution in [0, 0.1) is 0 Å². The summed E-state index contributed by atoms with van der Waals surface area (Å²) >= 11 is 7.66. The van der Waals surface area contributed by atoms with Crippen molar-refractivity contribution in [3.05, 3.63) is 101 Å². The number of carbonyl (C=O) groups is 1. The van der Waals surface area contributed by atoms with E-state index >= 15 is 0 Å². The van der Waals surface area contributed by atoms with Gasteiger partial charge >= 0.3 is 0 Å². The Kier molecular flexibility index (Phi) is 6.37. The number of benzene rings is 3. The van der Waals surface area contributed by atoms with Gasteiger partial charge in [-0.05, 0) is 47.5 Å². The summed E-state index contributed by atoms with van der Waals surface area (Å²) in [6.45, 7) is 0.605. The van der Waals surface area contributed by atoms with Crippen LogP contribution in [0.4, 0.5) is 0 Å². The van der Waals surface area contributed by atoms with Gasteiger partial charge in [0.15, 0.2) is 0 Å². The summed E-state index contributed by atoms with van der Waals surface area (Å²) in [5.74, 6) is 0.890. The Bertz CT molecular complexity index is 848.